The summed E-state index contributed by atoms with van der Waals surface area (Å²) in [6.07, 6.45) is 8.87. The first-order chi connectivity index (χ1) is 10.8. The second kappa shape index (κ2) is 7.22. The van der Waals surface area contributed by atoms with E-state index in [-0.39, 0.29) is 12.0 Å². The number of pyridine rings is 1. The van der Waals surface area contributed by atoms with E-state index in [1.807, 2.05) is 40.6 Å². The minimum Gasteiger partial charge on any atom is -0.489 e. The van der Waals surface area contributed by atoms with Crippen molar-refractivity contribution in [3.63, 3.8) is 0 Å². The summed E-state index contributed by atoms with van der Waals surface area (Å²) in [4.78, 5) is 19.2. The van der Waals surface area contributed by atoms with Crippen molar-refractivity contribution in [2.45, 2.75) is 18.9 Å². The van der Waals surface area contributed by atoms with Gasteiger partial charge in [-0.3, -0.25) is 9.78 Å². The molecule has 1 fully saturated rings. The van der Waals surface area contributed by atoms with Gasteiger partial charge in [-0.15, -0.1) is 11.3 Å². The van der Waals surface area contributed by atoms with E-state index in [4.69, 9.17) is 4.74 Å². The molecule has 0 saturated carbocycles. The zero-order valence-electron chi connectivity index (χ0n) is 12.2. The molecule has 1 aliphatic rings. The SMILES string of the molecule is O=C(/C=C/c1cccs1)N1CCC(Oc2cccnc2)CC1. The fourth-order valence-electron chi connectivity index (χ4n) is 2.45. The summed E-state index contributed by atoms with van der Waals surface area (Å²) in [6.45, 7) is 1.47. The molecule has 0 unspecified atom stereocenters. The predicted octanol–water partition coefficient (Wildman–Crippen LogP) is 3.23. The monoisotopic (exact) mass is 314 g/mol. The van der Waals surface area contributed by atoms with Crippen LogP contribution in [-0.4, -0.2) is 35.0 Å². The number of likely N-dealkylation sites (tertiary alicyclic amines) is 1. The molecule has 2 aromatic heterocycles. The van der Waals surface area contributed by atoms with E-state index < -0.39 is 0 Å². The van der Waals surface area contributed by atoms with Gasteiger partial charge < -0.3 is 9.64 Å². The van der Waals surface area contributed by atoms with Crippen LogP contribution in [0.25, 0.3) is 6.08 Å². The summed E-state index contributed by atoms with van der Waals surface area (Å²) in [5.74, 6) is 0.873. The third-order valence-electron chi connectivity index (χ3n) is 3.62. The Morgan fingerprint density at radius 2 is 2.18 bits per heavy atom. The standard InChI is InChI=1S/C17H18N2O2S/c20-17(6-5-16-4-2-12-22-16)19-10-7-14(8-11-19)21-15-3-1-9-18-13-15/h1-6,9,12-14H,7-8,10-11H2/b6-5+. The van der Waals surface area contributed by atoms with Crippen LogP contribution in [0.1, 0.15) is 17.7 Å². The van der Waals surface area contributed by atoms with E-state index in [0.29, 0.717) is 0 Å². The Balaban J connectivity index is 1.48. The van der Waals surface area contributed by atoms with Crippen molar-refractivity contribution in [3.8, 4) is 5.75 Å². The molecule has 0 aromatic carbocycles. The number of hydrogen-bond acceptors (Lipinski definition) is 4. The first-order valence-corrected chi connectivity index (χ1v) is 8.26. The molecule has 0 N–H and O–H groups in total. The van der Waals surface area contributed by atoms with E-state index in [0.717, 1.165) is 36.6 Å². The molecule has 2 aromatic rings. The van der Waals surface area contributed by atoms with Gasteiger partial charge in [-0.05, 0) is 29.7 Å². The Morgan fingerprint density at radius 3 is 2.86 bits per heavy atom. The highest BCUT2D eigenvalue weighted by Gasteiger charge is 2.22. The van der Waals surface area contributed by atoms with E-state index in [1.54, 1.807) is 29.8 Å². The molecule has 3 heterocycles. The lowest BCUT2D eigenvalue weighted by atomic mass is 10.1. The smallest absolute Gasteiger partial charge is 0.246 e. The van der Waals surface area contributed by atoms with Gasteiger partial charge in [0.05, 0.1) is 6.20 Å². The van der Waals surface area contributed by atoms with Gasteiger partial charge in [-0.25, -0.2) is 0 Å². The highest BCUT2D eigenvalue weighted by molar-refractivity contribution is 7.10. The van der Waals surface area contributed by atoms with Crippen LogP contribution in [0.2, 0.25) is 0 Å². The quantitative estimate of drug-likeness (QED) is 0.814. The summed E-state index contributed by atoms with van der Waals surface area (Å²) in [5.41, 5.74) is 0. The number of rotatable bonds is 4. The third kappa shape index (κ3) is 3.95. The topological polar surface area (TPSA) is 42.4 Å². The lowest BCUT2D eigenvalue weighted by Crippen LogP contribution is -2.41. The largest absolute Gasteiger partial charge is 0.489 e. The molecule has 3 rings (SSSR count). The maximum Gasteiger partial charge on any atom is 0.246 e. The fourth-order valence-corrected chi connectivity index (χ4v) is 3.07. The first kappa shape index (κ1) is 14.8. The Hall–Kier alpha value is -2.14. The number of thiophene rings is 1. The maximum atomic E-state index is 12.2. The van der Waals surface area contributed by atoms with Crippen molar-refractivity contribution in [2.75, 3.05) is 13.1 Å². The molecule has 1 aliphatic heterocycles. The summed E-state index contributed by atoms with van der Waals surface area (Å²) in [7, 11) is 0. The van der Waals surface area contributed by atoms with Gasteiger partial charge in [-0.2, -0.15) is 0 Å². The van der Waals surface area contributed by atoms with Gasteiger partial charge >= 0.3 is 0 Å². The van der Waals surface area contributed by atoms with Gasteiger partial charge in [0.1, 0.15) is 11.9 Å². The zero-order valence-corrected chi connectivity index (χ0v) is 13.0. The van der Waals surface area contributed by atoms with Crippen LogP contribution in [-0.2, 0) is 4.79 Å². The van der Waals surface area contributed by atoms with Gasteiger partial charge in [0.2, 0.25) is 5.91 Å². The van der Waals surface area contributed by atoms with Gasteiger partial charge in [0, 0.05) is 43.1 Å². The van der Waals surface area contributed by atoms with Crippen molar-refractivity contribution >= 4 is 23.3 Å². The highest BCUT2D eigenvalue weighted by Crippen LogP contribution is 2.18. The van der Waals surface area contributed by atoms with Crippen molar-refractivity contribution < 1.29 is 9.53 Å². The Labute approximate surface area is 134 Å². The van der Waals surface area contributed by atoms with Crippen LogP contribution in [0.3, 0.4) is 0 Å². The molecule has 0 atom stereocenters. The van der Waals surface area contributed by atoms with Crippen LogP contribution in [0.4, 0.5) is 0 Å². The molecule has 0 bridgehead atoms. The molecular formula is C17H18N2O2S. The van der Waals surface area contributed by atoms with Crippen LogP contribution in [0.15, 0.2) is 48.1 Å². The van der Waals surface area contributed by atoms with Gasteiger partial charge in [0.25, 0.3) is 0 Å². The summed E-state index contributed by atoms with van der Waals surface area (Å²) in [5, 5.41) is 2.01. The molecule has 22 heavy (non-hydrogen) atoms. The second-order valence-electron chi connectivity index (χ2n) is 5.18. The molecule has 5 heteroatoms. The van der Waals surface area contributed by atoms with Crippen molar-refractivity contribution in [1.29, 1.82) is 0 Å². The molecule has 1 amide bonds. The van der Waals surface area contributed by atoms with Gasteiger partial charge in [-0.1, -0.05) is 6.07 Å². The van der Waals surface area contributed by atoms with E-state index in [2.05, 4.69) is 4.98 Å². The number of amides is 1. The van der Waals surface area contributed by atoms with Crippen LogP contribution < -0.4 is 4.74 Å². The maximum absolute atomic E-state index is 12.2. The molecule has 4 nitrogen and oxygen atoms in total. The van der Waals surface area contributed by atoms with Crippen molar-refractivity contribution in [3.05, 3.63) is 53.0 Å². The molecular weight excluding hydrogens is 296 g/mol. The minimum atomic E-state index is 0.0771. The highest BCUT2D eigenvalue weighted by atomic mass is 32.1. The third-order valence-corrected chi connectivity index (χ3v) is 4.46. The molecule has 1 saturated heterocycles. The Morgan fingerprint density at radius 1 is 1.32 bits per heavy atom. The Kier molecular flexibility index (Phi) is 4.85. The summed E-state index contributed by atoms with van der Waals surface area (Å²) in [6, 6.07) is 7.76. The predicted molar refractivity (Wildman–Crippen MR) is 87.8 cm³/mol. The number of ether oxygens (including phenoxy) is 1. The van der Waals surface area contributed by atoms with Crippen molar-refractivity contribution in [1.82, 2.24) is 9.88 Å². The number of carbonyl (C=O) groups is 1. The molecule has 0 radical (unpaired) electrons. The molecule has 114 valence electrons. The number of carbonyl (C=O) groups excluding carboxylic acids is 1. The van der Waals surface area contributed by atoms with Gasteiger partial charge in [0.15, 0.2) is 0 Å². The van der Waals surface area contributed by atoms with Crippen molar-refractivity contribution in [2.24, 2.45) is 0 Å². The molecule has 0 spiro atoms. The van der Waals surface area contributed by atoms with Crippen LogP contribution in [0.5, 0.6) is 5.75 Å². The number of hydrogen-bond donors (Lipinski definition) is 0. The van der Waals surface area contributed by atoms with E-state index >= 15 is 0 Å². The average molecular weight is 314 g/mol. The average Bonchev–Trinajstić information content (AvgIpc) is 3.08. The van der Waals surface area contributed by atoms with Crippen LogP contribution >= 0.6 is 11.3 Å². The van der Waals surface area contributed by atoms with E-state index in [1.165, 1.54) is 0 Å². The van der Waals surface area contributed by atoms with E-state index in [9.17, 15) is 4.79 Å². The minimum absolute atomic E-state index is 0.0771. The first-order valence-electron chi connectivity index (χ1n) is 7.38. The number of aromatic nitrogens is 1. The molecule has 0 aliphatic carbocycles. The normalized spacial score (nSPS) is 16.1. The lowest BCUT2D eigenvalue weighted by Gasteiger charge is -2.31. The fraction of sp³-hybridized carbons (Fsp3) is 0.294. The number of nitrogens with zero attached hydrogens (tertiary/aromatic N) is 2. The number of piperidine rings is 1. The second-order valence-corrected chi connectivity index (χ2v) is 6.16. The Bertz CT molecular complexity index is 617. The summed E-state index contributed by atoms with van der Waals surface area (Å²) >= 11 is 1.63. The zero-order chi connectivity index (χ0) is 15.2. The van der Waals surface area contributed by atoms with Crippen LogP contribution in [0, 0.1) is 0 Å². The lowest BCUT2D eigenvalue weighted by molar-refractivity contribution is -0.127. The summed E-state index contributed by atoms with van der Waals surface area (Å²) < 4.78 is 5.89.